The van der Waals surface area contributed by atoms with Gasteiger partial charge in [0.15, 0.2) is 62.9 Å². The van der Waals surface area contributed by atoms with Crippen molar-refractivity contribution in [2.45, 2.75) is 376 Å². The van der Waals surface area contributed by atoms with Crippen molar-refractivity contribution in [1.82, 2.24) is 10.6 Å². The third kappa shape index (κ3) is 18.7. The summed E-state index contributed by atoms with van der Waals surface area (Å²) in [7, 11) is 0. The molecule has 10 heterocycles. The Morgan fingerprint density at radius 1 is 0.239 bits per heavy atom. The number of ether oxygens (including phenoxy) is 19. The predicted octanol–water partition coefficient (Wildman–Crippen LogP) is -14.3. The van der Waals surface area contributed by atoms with Crippen LogP contribution in [0, 0.1) is 0 Å². The van der Waals surface area contributed by atoms with Crippen LogP contribution >= 0.6 is 0 Å². The Morgan fingerprint density at radius 3 is 0.780 bits per heavy atom. The number of nitrogens with one attached hydrogen (secondary N) is 2. The Hall–Kier alpha value is -2.70. The van der Waals surface area contributed by atoms with Gasteiger partial charge in [0, 0.05) is 13.8 Å². The van der Waals surface area contributed by atoms with Crippen LogP contribution in [0.5, 0.6) is 0 Å². The van der Waals surface area contributed by atoms with Crippen LogP contribution in [0.1, 0.15) is 69.2 Å². The summed E-state index contributed by atoms with van der Waals surface area (Å²) in [6.45, 7) is 10.3. The van der Waals surface area contributed by atoms with Crippen molar-refractivity contribution < 1.29 is 212 Å². The molecule has 0 aromatic heterocycles. The van der Waals surface area contributed by atoms with Gasteiger partial charge in [-0.25, -0.2) is 0 Å². The van der Waals surface area contributed by atoms with Gasteiger partial charge in [0.2, 0.25) is 11.8 Å². The molecule has 0 unspecified atom stereocenters. The standard InChI is InChI=1S/C64H108N2O43/c1-13-28(72)38(82)50(55(90)91-13)105-63-51(39(83)29(73)17(5)97-63)106-56-25(65-21(9)69)46(35(79)23(11-67)99-56)101-60-45(89)49(34(78)20(8)94-60)104-62-54(42(86)32(76)16(4)96-62)109-64-52(40(84)30(74)18(6)98-64)107-57-26(66-22(10)70)47(36(80)24(12-68)100-57)102-59-44(88)48(33(77)19(7)93-59)103-61-53(41(85)31(75)15(3)95-61)108-58-43(87)37(81)27(71)14(2)92-58/h13-20,23-64,67-68,71-90H,11-12H2,1-10H3,(H,65,69)(H,66,70)/t13-,14-,15-,16-,17-,18-,19-,20-,23+,24+,25+,26+,27-,28-,29-,30-,31-,32-,33-,34-,35+,36+,37+,38+,39+,40+,41+,42+,43+,44+,45+,46+,47+,48+,49+,50+,51+,52+,53+,54+,55-,56-,57-,58-,59-,60-,61-,62-,63-,64-/m0/s1. The third-order valence-electron chi connectivity index (χ3n) is 21.4. The lowest BCUT2D eigenvalue weighted by Gasteiger charge is -2.51. The number of amides is 2. The van der Waals surface area contributed by atoms with Crippen LogP contribution in [0.15, 0.2) is 0 Å². The molecule has 0 spiro atoms. The number of rotatable bonds is 22. The largest absolute Gasteiger partial charge is 0.394 e. The molecule has 45 nitrogen and oxygen atoms in total. The van der Waals surface area contributed by atoms with Gasteiger partial charge < -0.3 is 213 Å². The lowest BCUT2D eigenvalue weighted by Crippen LogP contribution is -2.70. The average Bonchev–Trinajstić information content (AvgIpc) is 0.771. The summed E-state index contributed by atoms with van der Waals surface area (Å²) in [5, 5.41) is 253. The van der Waals surface area contributed by atoms with E-state index in [9.17, 15) is 122 Å². The van der Waals surface area contributed by atoms with Gasteiger partial charge in [0.25, 0.3) is 0 Å². The Morgan fingerprint density at radius 2 is 0.468 bits per heavy atom. The minimum absolute atomic E-state index is 0.862. The third-order valence-corrected chi connectivity index (χ3v) is 21.4. The second-order valence-electron chi connectivity index (χ2n) is 29.3. The molecule has 10 saturated heterocycles. The average molecular weight is 1590 g/mol. The molecule has 109 heavy (non-hydrogen) atoms. The van der Waals surface area contributed by atoms with Crippen molar-refractivity contribution in [3.63, 3.8) is 0 Å². The second-order valence-corrected chi connectivity index (χ2v) is 29.3. The lowest BCUT2D eigenvalue weighted by atomic mass is 9.94. The molecule has 10 aliphatic heterocycles. The number of hydrogen-bond acceptors (Lipinski definition) is 43. The van der Waals surface area contributed by atoms with Crippen LogP contribution in [-0.2, 0) is 99.6 Å². The van der Waals surface area contributed by atoms with Crippen molar-refractivity contribution >= 4 is 11.8 Å². The topological polar surface area (TPSA) is 679 Å². The van der Waals surface area contributed by atoms with Crippen LogP contribution < -0.4 is 10.6 Å². The van der Waals surface area contributed by atoms with E-state index in [1.807, 2.05) is 0 Å². The highest BCUT2D eigenvalue weighted by Gasteiger charge is 2.61. The van der Waals surface area contributed by atoms with Crippen LogP contribution in [0.25, 0.3) is 0 Å². The SMILES string of the molecule is CC(=O)N[C@H]1[C@H](O[C@H]2[C@H](O[C@@H]3[C@H](O)[C@@H](O)[C@H](C)O[C@@H]3O)O[C@@H](C)[C@H](O)[C@H]2O)O[C@H](CO)[C@@H](O)[C@@H]1O[C@@H]1O[C@@H](C)[C@H](O)[C@@H](O[C@@H]2O[C@@H](C)[C@H](O)[C@@H](O)[C@H]2O[C@@H]2O[C@@H](C)[C@H](O)[C@@H](O)[C@H]2O[C@@H]2O[C@H](CO)[C@@H](O)[C@H](O[C@@H]3O[C@@H](C)[C@H](O)[C@@H](O[C@@H]4O[C@@H](C)[C@H](O)[C@@H](O)[C@H]4O[C@@H]4O[C@@H](C)[C@H](O)[C@@H](O)[C@H]4O)[C@H]3O)[C@H]2NC(C)=O)[C@H]1O. The van der Waals surface area contributed by atoms with Gasteiger partial charge in [-0.15, -0.1) is 0 Å². The van der Waals surface area contributed by atoms with Crippen molar-refractivity contribution in [3.05, 3.63) is 0 Å². The molecular formula is C64H108N2O43. The van der Waals surface area contributed by atoms with E-state index in [2.05, 4.69) is 10.6 Å². The summed E-state index contributed by atoms with van der Waals surface area (Å²) in [5.74, 6) is -1.76. The summed E-state index contributed by atoms with van der Waals surface area (Å²) in [4.78, 5) is 26.3. The molecule has 10 rings (SSSR count). The van der Waals surface area contributed by atoms with Crippen molar-refractivity contribution in [3.8, 4) is 0 Å². The van der Waals surface area contributed by atoms with Gasteiger partial charge in [-0.2, -0.15) is 0 Å². The molecule has 0 bridgehead atoms. The Labute approximate surface area is 622 Å². The fourth-order valence-electron chi connectivity index (χ4n) is 14.7. The van der Waals surface area contributed by atoms with Gasteiger partial charge >= 0.3 is 0 Å². The van der Waals surface area contributed by atoms with Gasteiger partial charge in [-0.1, -0.05) is 0 Å². The molecule has 45 heteroatoms. The summed E-state index contributed by atoms with van der Waals surface area (Å²) >= 11 is 0. The van der Waals surface area contributed by atoms with E-state index in [0.29, 0.717) is 0 Å². The maximum atomic E-state index is 13.2. The highest BCUT2D eigenvalue weighted by molar-refractivity contribution is 5.73. The normalized spacial score (nSPS) is 54.3. The maximum absolute atomic E-state index is 13.2. The molecule has 0 aromatic rings. The molecule has 24 N–H and O–H groups in total. The summed E-state index contributed by atoms with van der Waals surface area (Å²) in [6.07, 6.45) is -87.7. The first-order chi connectivity index (χ1) is 51.2. The highest BCUT2D eigenvalue weighted by Crippen LogP contribution is 2.41. The quantitative estimate of drug-likeness (QED) is 0.0479. The van der Waals surface area contributed by atoms with Gasteiger partial charge in [0.1, 0.15) is 195 Å². The number of carbonyl (C=O) groups is 2. The molecule has 0 saturated carbocycles. The van der Waals surface area contributed by atoms with Crippen molar-refractivity contribution in [1.29, 1.82) is 0 Å². The molecular weight excluding hydrogens is 1480 g/mol. The van der Waals surface area contributed by atoms with Crippen molar-refractivity contribution in [2.75, 3.05) is 13.2 Å². The first-order valence-corrected chi connectivity index (χ1v) is 36.0. The molecule has 0 radical (unpaired) electrons. The monoisotopic (exact) mass is 1590 g/mol. The summed E-state index contributed by atoms with van der Waals surface area (Å²) in [6, 6.07) is -3.65. The maximum Gasteiger partial charge on any atom is 0.217 e. The lowest BCUT2D eigenvalue weighted by molar-refractivity contribution is -0.404. The number of carbonyl (C=O) groups excluding carboxylic acids is 2. The first-order valence-electron chi connectivity index (χ1n) is 36.0. The Balaban J connectivity index is 0.882. The molecule has 0 aliphatic carbocycles. The van der Waals surface area contributed by atoms with Crippen LogP contribution in [0.3, 0.4) is 0 Å². The van der Waals surface area contributed by atoms with Crippen molar-refractivity contribution in [2.24, 2.45) is 0 Å². The van der Waals surface area contributed by atoms with Crippen LogP contribution in [0.4, 0.5) is 0 Å². The van der Waals surface area contributed by atoms with Crippen LogP contribution in [-0.4, -0.2) is 444 Å². The molecule has 10 aliphatic rings. The van der Waals surface area contributed by atoms with Crippen LogP contribution in [0.2, 0.25) is 0 Å². The van der Waals surface area contributed by atoms with E-state index < -0.39 is 332 Å². The zero-order chi connectivity index (χ0) is 80.3. The van der Waals surface area contributed by atoms with E-state index >= 15 is 0 Å². The molecule has 0 aromatic carbocycles. The van der Waals surface area contributed by atoms with E-state index in [1.165, 1.54) is 55.4 Å². The molecule has 50 atom stereocenters. The van der Waals surface area contributed by atoms with Gasteiger partial charge in [-0.3, -0.25) is 9.59 Å². The summed E-state index contributed by atoms with van der Waals surface area (Å²) in [5.41, 5.74) is 0. The fraction of sp³-hybridized carbons (Fsp3) is 0.969. The van der Waals surface area contributed by atoms with Gasteiger partial charge in [-0.05, 0) is 55.4 Å². The molecule has 10 fully saturated rings. The second kappa shape index (κ2) is 36.9. The predicted molar refractivity (Wildman–Crippen MR) is 342 cm³/mol. The van der Waals surface area contributed by atoms with E-state index in [-0.39, 0.29) is 0 Å². The van der Waals surface area contributed by atoms with E-state index in [0.717, 1.165) is 13.8 Å². The van der Waals surface area contributed by atoms with E-state index in [1.54, 1.807) is 0 Å². The minimum atomic E-state index is -2.25. The highest BCUT2D eigenvalue weighted by atomic mass is 16.8. The number of hydrogen-bond donors (Lipinski definition) is 24. The van der Waals surface area contributed by atoms with E-state index in [4.69, 9.17) is 90.0 Å². The molecule has 2 amide bonds. The first kappa shape index (κ1) is 88.7. The molecule has 632 valence electrons. The fourth-order valence-corrected chi connectivity index (χ4v) is 14.7. The Bertz CT molecular complexity index is 2900. The zero-order valence-corrected chi connectivity index (χ0v) is 60.7. The number of aliphatic hydroxyl groups excluding tert-OH is 22. The van der Waals surface area contributed by atoms with Gasteiger partial charge in [0.05, 0.1) is 62.0 Å². The minimum Gasteiger partial charge on any atom is -0.394 e. The Kier molecular flexibility index (Phi) is 30.0. The smallest absolute Gasteiger partial charge is 0.217 e. The number of aliphatic hydroxyl groups is 22. The zero-order valence-electron chi connectivity index (χ0n) is 60.7. The summed E-state index contributed by atoms with van der Waals surface area (Å²) < 4.78 is 114.